The van der Waals surface area contributed by atoms with Gasteiger partial charge in [-0.3, -0.25) is 4.90 Å². The molecule has 2 aliphatic carbocycles. The fourth-order valence-electron chi connectivity index (χ4n) is 5.63. The van der Waals surface area contributed by atoms with Gasteiger partial charge in [-0.25, -0.2) is 0 Å². The fraction of sp³-hybridized carbons (Fsp3) is 1.00. The van der Waals surface area contributed by atoms with E-state index in [0.29, 0.717) is 0 Å². The lowest BCUT2D eigenvalue weighted by molar-refractivity contribution is 0.0497. The Morgan fingerprint density at radius 2 is 1.40 bits per heavy atom. The third-order valence-electron chi connectivity index (χ3n) is 7.00. The minimum absolute atomic E-state index is 0.914. The largest absolute Gasteiger partial charge is 0.300 e. The molecule has 0 N–H and O–H groups in total. The van der Waals surface area contributed by atoms with Crippen LogP contribution in [0.2, 0.25) is 0 Å². The molecule has 0 unspecified atom stereocenters. The van der Waals surface area contributed by atoms with E-state index in [4.69, 9.17) is 0 Å². The molecule has 2 heteroatoms. The van der Waals surface area contributed by atoms with Gasteiger partial charge in [-0.2, -0.15) is 0 Å². The summed E-state index contributed by atoms with van der Waals surface area (Å²) in [6, 6.07) is 1.90. The van der Waals surface area contributed by atoms with Crippen LogP contribution < -0.4 is 0 Å². The van der Waals surface area contributed by atoms with E-state index >= 15 is 0 Å². The van der Waals surface area contributed by atoms with Gasteiger partial charge in [-0.05, 0) is 88.9 Å². The van der Waals surface area contributed by atoms with Gasteiger partial charge in [-0.1, -0.05) is 13.3 Å². The highest BCUT2D eigenvalue weighted by Gasteiger charge is 2.43. The van der Waals surface area contributed by atoms with E-state index < -0.39 is 0 Å². The van der Waals surface area contributed by atoms with Crippen molar-refractivity contribution in [2.45, 2.75) is 70.4 Å². The first-order valence-electron chi connectivity index (χ1n) is 9.27. The second-order valence-electron chi connectivity index (χ2n) is 8.23. The van der Waals surface area contributed by atoms with Gasteiger partial charge in [0.2, 0.25) is 0 Å². The highest BCUT2D eigenvalue weighted by atomic mass is 15.2. The predicted octanol–water partition coefficient (Wildman–Crippen LogP) is 3.37. The molecule has 4 fully saturated rings. The lowest BCUT2D eigenvalue weighted by Crippen LogP contribution is -2.50. The molecule has 3 atom stereocenters. The highest BCUT2D eigenvalue weighted by molar-refractivity contribution is 4.97. The van der Waals surface area contributed by atoms with Gasteiger partial charge in [0.05, 0.1) is 0 Å². The zero-order valence-electron chi connectivity index (χ0n) is 13.3. The summed E-state index contributed by atoms with van der Waals surface area (Å²) in [5.41, 5.74) is 0. The van der Waals surface area contributed by atoms with Crippen LogP contribution in [0.4, 0.5) is 0 Å². The van der Waals surface area contributed by atoms with Gasteiger partial charge in [-0.15, -0.1) is 0 Å². The normalized spacial score (nSPS) is 41.5. The van der Waals surface area contributed by atoms with E-state index in [1.807, 2.05) is 0 Å². The summed E-state index contributed by atoms with van der Waals surface area (Å²) in [4.78, 5) is 5.70. The molecule has 2 heterocycles. The molecule has 0 radical (unpaired) electrons. The van der Waals surface area contributed by atoms with Crippen LogP contribution in [0.1, 0.15) is 58.3 Å². The van der Waals surface area contributed by atoms with E-state index in [0.717, 1.165) is 29.8 Å². The highest BCUT2D eigenvalue weighted by Crippen LogP contribution is 2.47. The maximum Gasteiger partial charge on any atom is 0.0126 e. The summed E-state index contributed by atoms with van der Waals surface area (Å²) in [5, 5.41) is 0. The number of rotatable bonds is 2. The first kappa shape index (κ1) is 13.6. The van der Waals surface area contributed by atoms with Crippen molar-refractivity contribution < 1.29 is 0 Å². The Labute approximate surface area is 124 Å². The first-order chi connectivity index (χ1) is 9.79. The van der Waals surface area contributed by atoms with Gasteiger partial charge < -0.3 is 4.90 Å². The van der Waals surface area contributed by atoms with E-state index in [1.54, 1.807) is 19.3 Å². The minimum atomic E-state index is 0.914. The SMILES string of the molecule is CC1CCN(C2CCN([C@H]3C[C@H]4CC[C@H]3C4)CC2)CC1. The molecule has 0 aromatic heterocycles. The Morgan fingerprint density at radius 1 is 0.700 bits per heavy atom. The quantitative estimate of drug-likeness (QED) is 0.763. The maximum absolute atomic E-state index is 2.88. The molecule has 0 aromatic rings. The zero-order chi connectivity index (χ0) is 13.5. The topological polar surface area (TPSA) is 6.48 Å². The Hall–Kier alpha value is -0.0800. The molecule has 114 valence electrons. The molecule has 2 saturated heterocycles. The van der Waals surface area contributed by atoms with Crippen LogP contribution in [-0.2, 0) is 0 Å². The van der Waals surface area contributed by atoms with Gasteiger partial charge in [0.1, 0.15) is 0 Å². The van der Waals surface area contributed by atoms with E-state index in [-0.39, 0.29) is 0 Å². The number of piperidine rings is 2. The summed E-state index contributed by atoms with van der Waals surface area (Å²) in [6.45, 7) is 7.96. The molecule has 2 saturated carbocycles. The van der Waals surface area contributed by atoms with Crippen molar-refractivity contribution in [1.29, 1.82) is 0 Å². The molecule has 2 aliphatic heterocycles. The van der Waals surface area contributed by atoms with Gasteiger partial charge >= 0.3 is 0 Å². The van der Waals surface area contributed by atoms with Crippen molar-refractivity contribution in [3.63, 3.8) is 0 Å². The molecule has 0 aromatic carbocycles. The number of nitrogens with zero attached hydrogens (tertiary/aromatic N) is 2. The summed E-state index contributed by atoms with van der Waals surface area (Å²) in [5.74, 6) is 3.15. The standard InChI is InChI=1S/C18H32N2/c1-14-4-8-19(9-5-14)17-6-10-20(11-7-17)18-13-15-2-3-16(18)12-15/h14-18H,2-13H2,1H3/t15-,16-,18-/m0/s1. The Balaban J connectivity index is 1.28. The van der Waals surface area contributed by atoms with Crippen LogP contribution in [0.3, 0.4) is 0 Å². The van der Waals surface area contributed by atoms with E-state index in [9.17, 15) is 0 Å². The maximum atomic E-state index is 2.88. The van der Waals surface area contributed by atoms with Crippen LogP contribution in [0.5, 0.6) is 0 Å². The molecular weight excluding hydrogens is 244 g/mol. The smallest absolute Gasteiger partial charge is 0.0126 e. The predicted molar refractivity (Wildman–Crippen MR) is 83.8 cm³/mol. The average Bonchev–Trinajstić information content (AvgIpc) is 3.11. The van der Waals surface area contributed by atoms with Crippen molar-refractivity contribution in [2.75, 3.05) is 26.2 Å². The number of likely N-dealkylation sites (tertiary alicyclic amines) is 2. The summed E-state index contributed by atoms with van der Waals surface area (Å²) in [6.07, 6.45) is 12.0. The summed E-state index contributed by atoms with van der Waals surface area (Å²) < 4.78 is 0. The summed E-state index contributed by atoms with van der Waals surface area (Å²) >= 11 is 0. The number of hydrogen-bond donors (Lipinski definition) is 0. The van der Waals surface area contributed by atoms with Crippen molar-refractivity contribution in [1.82, 2.24) is 9.80 Å². The minimum Gasteiger partial charge on any atom is -0.300 e. The first-order valence-corrected chi connectivity index (χ1v) is 9.27. The zero-order valence-corrected chi connectivity index (χ0v) is 13.3. The molecule has 4 rings (SSSR count). The number of fused-ring (bicyclic) bond motifs is 2. The van der Waals surface area contributed by atoms with Crippen molar-refractivity contribution in [3.05, 3.63) is 0 Å². The average molecular weight is 276 g/mol. The van der Waals surface area contributed by atoms with Crippen LogP contribution in [0.25, 0.3) is 0 Å². The second-order valence-corrected chi connectivity index (χ2v) is 8.23. The second kappa shape index (κ2) is 5.61. The summed E-state index contributed by atoms with van der Waals surface area (Å²) in [7, 11) is 0. The molecule has 0 spiro atoms. The van der Waals surface area contributed by atoms with E-state index in [2.05, 4.69) is 16.7 Å². The Bertz CT molecular complexity index is 326. The van der Waals surface area contributed by atoms with Crippen LogP contribution in [0.15, 0.2) is 0 Å². The third-order valence-corrected chi connectivity index (χ3v) is 7.00. The van der Waals surface area contributed by atoms with Crippen molar-refractivity contribution in [3.8, 4) is 0 Å². The van der Waals surface area contributed by atoms with Crippen LogP contribution in [0, 0.1) is 17.8 Å². The fourth-order valence-corrected chi connectivity index (χ4v) is 5.63. The lowest BCUT2D eigenvalue weighted by atomic mass is 9.90. The van der Waals surface area contributed by atoms with E-state index in [1.165, 1.54) is 58.3 Å². The molecule has 0 amide bonds. The van der Waals surface area contributed by atoms with Gasteiger partial charge in [0, 0.05) is 12.1 Å². The Morgan fingerprint density at radius 3 is 2.00 bits per heavy atom. The lowest BCUT2D eigenvalue weighted by Gasteiger charge is -2.44. The Kier molecular flexibility index (Phi) is 3.80. The van der Waals surface area contributed by atoms with Gasteiger partial charge in [0.25, 0.3) is 0 Å². The molecule has 2 bridgehead atoms. The molecule has 20 heavy (non-hydrogen) atoms. The van der Waals surface area contributed by atoms with Crippen LogP contribution in [-0.4, -0.2) is 48.1 Å². The van der Waals surface area contributed by atoms with Crippen molar-refractivity contribution in [2.24, 2.45) is 17.8 Å². The monoisotopic (exact) mass is 276 g/mol. The molecular formula is C18H32N2. The van der Waals surface area contributed by atoms with Crippen molar-refractivity contribution >= 4 is 0 Å². The molecule has 2 nitrogen and oxygen atoms in total. The van der Waals surface area contributed by atoms with Crippen LogP contribution >= 0.6 is 0 Å². The number of hydrogen-bond acceptors (Lipinski definition) is 2. The third kappa shape index (κ3) is 2.54. The molecule has 4 aliphatic rings. The van der Waals surface area contributed by atoms with Gasteiger partial charge in [0.15, 0.2) is 0 Å².